The fourth-order valence-corrected chi connectivity index (χ4v) is 1.49. The van der Waals surface area contributed by atoms with E-state index in [0.29, 0.717) is 42.8 Å². The number of benzene rings is 1. The summed E-state index contributed by atoms with van der Waals surface area (Å²) in [5.41, 5.74) is 0.562. The molecule has 0 spiro atoms. The molecule has 0 bridgehead atoms. The van der Waals surface area contributed by atoms with Crippen molar-refractivity contribution in [3.63, 3.8) is 0 Å². The van der Waals surface area contributed by atoms with Crippen molar-refractivity contribution >= 4 is 0 Å². The summed E-state index contributed by atoms with van der Waals surface area (Å²) in [6.45, 7) is 8.39. The third-order valence-corrected chi connectivity index (χ3v) is 2.31. The van der Waals surface area contributed by atoms with Crippen molar-refractivity contribution in [3.8, 4) is 17.6 Å². The van der Waals surface area contributed by atoms with Gasteiger partial charge in [-0.05, 0) is 25.0 Å². The molecule has 0 aromatic heterocycles. The van der Waals surface area contributed by atoms with Crippen LogP contribution in [-0.4, -0.2) is 26.4 Å². The molecular formula is C15H21NO3. The van der Waals surface area contributed by atoms with Crippen LogP contribution in [0.4, 0.5) is 0 Å². The van der Waals surface area contributed by atoms with Gasteiger partial charge in [0.2, 0.25) is 0 Å². The van der Waals surface area contributed by atoms with Gasteiger partial charge in [0.15, 0.2) is 11.5 Å². The van der Waals surface area contributed by atoms with Crippen LogP contribution >= 0.6 is 0 Å². The number of rotatable bonds is 8. The van der Waals surface area contributed by atoms with Gasteiger partial charge in [0.05, 0.1) is 24.8 Å². The Labute approximate surface area is 114 Å². The minimum absolute atomic E-state index is 0.471. The van der Waals surface area contributed by atoms with E-state index in [0.717, 1.165) is 6.61 Å². The summed E-state index contributed by atoms with van der Waals surface area (Å²) in [4.78, 5) is 0. The topological polar surface area (TPSA) is 51.5 Å². The van der Waals surface area contributed by atoms with Crippen LogP contribution in [0.25, 0.3) is 0 Å². The third kappa shape index (κ3) is 5.62. The summed E-state index contributed by atoms with van der Waals surface area (Å²) in [5.74, 6) is 1.77. The molecule has 4 nitrogen and oxygen atoms in total. The van der Waals surface area contributed by atoms with Gasteiger partial charge < -0.3 is 14.2 Å². The Morgan fingerprint density at radius 3 is 2.58 bits per heavy atom. The van der Waals surface area contributed by atoms with Crippen molar-refractivity contribution in [1.82, 2.24) is 0 Å². The largest absolute Gasteiger partial charge is 0.490 e. The Hall–Kier alpha value is -1.73. The van der Waals surface area contributed by atoms with Crippen LogP contribution in [0.2, 0.25) is 0 Å². The Balaban J connectivity index is 2.50. The van der Waals surface area contributed by atoms with Gasteiger partial charge in [-0.25, -0.2) is 0 Å². The van der Waals surface area contributed by atoms with Crippen LogP contribution in [-0.2, 0) is 4.74 Å². The van der Waals surface area contributed by atoms with E-state index in [1.165, 1.54) is 0 Å². The molecule has 0 aliphatic rings. The van der Waals surface area contributed by atoms with Gasteiger partial charge in [-0.15, -0.1) is 0 Å². The van der Waals surface area contributed by atoms with Crippen LogP contribution in [0.5, 0.6) is 11.5 Å². The monoisotopic (exact) mass is 263 g/mol. The highest BCUT2D eigenvalue weighted by atomic mass is 16.5. The van der Waals surface area contributed by atoms with E-state index in [1.54, 1.807) is 18.2 Å². The van der Waals surface area contributed by atoms with Gasteiger partial charge in [-0.1, -0.05) is 13.8 Å². The van der Waals surface area contributed by atoms with E-state index in [2.05, 4.69) is 19.9 Å². The SMILES string of the molecule is CCOc1cc(C#N)ccc1OCCOCC(C)C. The summed E-state index contributed by atoms with van der Waals surface area (Å²) in [7, 11) is 0. The normalized spacial score (nSPS) is 10.3. The Bertz CT molecular complexity index is 424. The second-order valence-corrected chi connectivity index (χ2v) is 4.52. The van der Waals surface area contributed by atoms with E-state index in [-0.39, 0.29) is 0 Å². The molecule has 0 saturated heterocycles. The van der Waals surface area contributed by atoms with E-state index >= 15 is 0 Å². The van der Waals surface area contributed by atoms with Crippen molar-refractivity contribution < 1.29 is 14.2 Å². The van der Waals surface area contributed by atoms with E-state index in [9.17, 15) is 0 Å². The second-order valence-electron chi connectivity index (χ2n) is 4.52. The molecule has 0 radical (unpaired) electrons. The highest BCUT2D eigenvalue weighted by Gasteiger charge is 2.06. The van der Waals surface area contributed by atoms with Crippen molar-refractivity contribution in [1.29, 1.82) is 5.26 Å². The predicted molar refractivity (Wildman–Crippen MR) is 73.5 cm³/mol. The minimum Gasteiger partial charge on any atom is -0.490 e. The highest BCUT2D eigenvalue weighted by molar-refractivity contribution is 5.46. The predicted octanol–water partition coefficient (Wildman–Crippen LogP) is 3.01. The molecule has 1 aromatic rings. The lowest BCUT2D eigenvalue weighted by molar-refractivity contribution is 0.0808. The van der Waals surface area contributed by atoms with Crippen molar-refractivity contribution in [2.24, 2.45) is 5.92 Å². The molecular weight excluding hydrogens is 242 g/mol. The van der Waals surface area contributed by atoms with E-state index in [1.807, 2.05) is 6.92 Å². The van der Waals surface area contributed by atoms with Crippen LogP contribution in [0.15, 0.2) is 18.2 Å². The maximum absolute atomic E-state index is 8.85. The van der Waals surface area contributed by atoms with Gasteiger partial charge in [-0.2, -0.15) is 5.26 Å². The molecule has 4 heteroatoms. The zero-order valence-electron chi connectivity index (χ0n) is 11.8. The van der Waals surface area contributed by atoms with E-state index in [4.69, 9.17) is 19.5 Å². The van der Waals surface area contributed by atoms with Crippen LogP contribution in [0, 0.1) is 17.2 Å². The molecule has 0 aliphatic heterocycles. The van der Waals surface area contributed by atoms with Gasteiger partial charge in [0.1, 0.15) is 6.61 Å². The van der Waals surface area contributed by atoms with Gasteiger partial charge in [0, 0.05) is 12.7 Å². The minimum atomic E-state index is 0.471. The smallest absolute Gasteiger partial charge is 0.162 e. The molecule has 0 heterocycles. The first-order chi connectivity index (χ1) is 9.17. The fourth-order valence-electron chi connectivity index (χ4n) is 1.49. The standard InChI is InChI=1S/C15H21NO3/c1-4-18-15-9-13(10-16)5-6-14(15)19-8-7-17-11-12(2)3/h5-6,9,12H,4,7-8,11H2,1-3H3. The first-order valence-corrected chi connectivity index (χ1v) is 6.54. The maximum Gasteiger partial charge on any atom is 0.162 e. The summed E-state index contributed by atoms with van der Waals surface area (Å²) in [6.07, 6.45) is 0. The van der Waals surface area contributed by atoms with Crippen molar-refractivity contribution in [2.45, 2.75) is 20.8 Å². The van der Waals surface area contributed by atoms with Crippen LogP contribution in [0.1, 0.15) is 26.3 Å². The summed E-state index contributed by atoms with van der Waals surface area (Å²) < 4.78 is 16.5. The number of nitrogens with zero attached hydrogens (tertiary/aromatic N) is 1. The quantitative estimate of drug-likeness (QED) is 0.676. The number of hydrogen-bond donors (Lipinski definition) is 0. The van der Waals surface area contributed by atoms with Crippen molar-refractivity contribution in [2.75, 3.05) is 26.4 Å². The van der Waals surface area contributed by atoms with Gasteiger partial charge >= 0.3 is 0 Å². The lowest BCUT2D eigenvalue weighted by atomic mass is 10.2. The summed E-state index contributed by atoms with van der Waals surface area (Å²) in [5, 5.41) is 8.85. The molecule has 0 atom stereocenters. The third-order valence-electron chi connectivity index (χ3n) is 2.31. The van der Waals surface area contributed by atoms with Crippen molar-refractivity contribution in [3.05, 3.63) is 23.8 Å². The number of ether oxygens (including phenoxy) is 3. The molecule has 1 aromatic carbocycles. The number of hydrogen-bond acceptors (Lipinski definition) is 4. The zero-order chi connectivity index (χ0) is 14.1. The van der Waals surface area contributed by atoms with Gasteiger partial charge in [0.25, 0.3) is 0 Å². The number of nitriles is 1. The lowest BCUT2D eigenvalue weighted by Gasteiger charge is -2.12. The molecule has 0 N–H and O–H groups in total. The average molecular weight is 263 g/mol. The maximum atomic E-state index is 8.85. The molecule has 0 unspecified atom stereocenters. The van der Waals surface area contributed by atoms with E-state index < -0.39 is 0 Å². The second kappa shape index (κ2) is 8.39. The fraction of sp³-hybridized carbons (Fsp3) is 0.533. The Kier molecular flexibility index (Phi) is 6.76. The molecule has 104 valence electrons. The lowest BCUT2D eigenvalue weighted by Crippen LogP contribution is -2.10. The molecule has 0 saturated carbocycles. The molecule has 0 amide bonds. The summed E-state index contributed by atoms with van der Waals surface area (Å²) >= 11 is 0. The Morgan fingerprint density at radius 2 is 1.95 bits per heavy atom. The summed E-state index contributed by atoms with van der Waals surface area (Å²) in [6, 6.07) is 7.24. The zero-order valence-corrected chi connectivity index (χ0v) is 11.8. The van der Waals surface area contributed by atoms with Crippen LogP contribution < -0.4 is 9.47 Å². The highest BCUT2D eigenvalue weighted by Crippen LogP contribution is 2.28. The Morgan fingerprint density at radius 1 is 1.16 bits per heavy atom. The molecule has 1 rings (SSSR count). The average Bonchev–Trinajstić information content (AvgIpc) is 2.39. The van der Waals surface area contributed by atoms with Gasteiger partial charge in [-0.3, -0.25) is 0 Å². The molecule has 19 heavy (non-hydrogen) atoms. The molecule has 0 aliphatic carbocycles. The first kappa shape index (κ1) is 15.3. The molecule has 0 fully saturated rings. The van der Waals surface area contributed by atoms with Crippen LogP contribution in [0.3, 0.4) is 0 Å². The first-order valence-electron chi connectivity index (χ1n) is 6.54.